The van der Waals surface area contributed by atoms with Crippen LogP contribution < -0.4 is 0 Å². The average molecular weight is 451 g/mol. The van der Waals surface area contributed by atoms with Crippen molar-refractivity contribution in [3.05, 3.63) is 25.3 Å². The highest BCUT2D eigenvalue weighted by atomic mass is 16.5. The number of carbonyl (C=O) groups is 2. The number of ether oxygens (including phenoxy) is 2. The summed E-state index contributed by atoms with van der Waals surface area (Å²) < 4.78 is 10.6. The van der Waals surface area contributed by atoms with Crippen molar-refractivity contribution in [3.63, 3.8) is 0 Å². The van der Waals surface area contributed by atoms with Gasteiger partial charge in [0.2, 0.25) is 0 Å². The van der Waals surface area contributed by atoms with Crippen molar-refractivity contribution in [2.75, 3.05) is 13.2 Å². The molecule has 0 atom stereocenters. The Morgan fingerprint density at radius 2 is 0.781 bits per heavy atom. The monoisotopic (exact) mass is 450 g/mol. The van der Waals surface area contributed by atoms with Crippen LogP contribution in [0.2, 0.25) is 0 Å². The largest absolute Gasteiger partial charge is 0.466 e. The number of carbonyl (C=O) groups excluding carboxylic acids is 2. The molecule has 0 heterocycles. The Balaban J connectivity index is 3.22. The van der Waals surface area contributed by atoms with E-state index < -0.39 is 0 Å². The van der Waals surface area contributed by atoms with E-state index in [-0.39, 0.29) is 11.9 Å². The van der Waals surface area contributed by atoms with Gasteiger partial charge in [0.25, 0.3) is 0 Å². The van der Waals surface area contributed by atoms with Crippen LogP contribution in [0.3, 0.4) is 0 Å². The van der Waals surface area contributed by atoms with E-state index in [0.29, 0.717) is 26.1 Å². The van der Waals surface area contributed by atoms with Crippen LogP contribution in [-0.2, 0) is 19.1 Å². The average Bonchev–Trinajstić information content (AvgIpc) is 2.79. The molecule has 0 aliphatic rings. The smallest absolute Gasteiger partial charge is 0.305 e. The van der Waals surface area contributed by atoms with Gasteiger partial charge in [-0.1, -0.05) is 76.4 Å². The lowest BCUT2D eigenvalue weighted by Gasteiger charge is -2.06. The van der Waals surface area contributed by atoms with Gasteiger partial charge in [0.1, 0.15) is 0 Å². The normalized spacial score (nSPS) is 10.6. The molecule has 0 bridgehead atoms. The molecule has 0 aromatic carbocycles. The van der Waals surface area contributed by atoms with Crippen LogP contribution in [0, 0.1) is 0 Å². The van der Waals surface area contributed by atoms with E-state index in [9.17, 15) is 9.59 Å². The third-order valence-corrected chi connectivity index (χ3v) is 5.64. The van der Waals surface area contributed by atoms with Gasteiger partial charge < -0.3 is 9.47 Å². The highest BCUT2D eigenvalue weighted by molar-refractivity contribution is 5.69. The summed E-state index contributed by atoms with van der Waals surface area (Å²) in [5.74, 6) is -0.0871. The summed E-state index contributed by atoms with van der Waals surface area (Å²) in [5.41, 5.74) is 0. The summed E-state index contributed by atoms with van der Waals surface area (Å²) >= 11 is 0. The first-order chi connectivity index (χ1) is 15.7. The second kappa shape index (κ2) is 25.7. The Bertz CT molecular complexity index is 416. The minimum absolute atomic E-state index is 0.0436. The van der Waals surface area contributed by atoms with Gasteiger partial charge in [0, 0.05) is 12.8 Å². The molecule has 4 heteroatoms. The Morgan fingerprint density at radius 3 is 1.16 bits per heavy atom. The van der Waals surface area contributed by atoms with Crippen molar-refractivity contribution < 1.29 is 19.1 Å². The zero-order chi connectivity index (χ0) is 23.5. The highest BCUT2D eigenvalue weighted by Crippen LogP contribution is 2.11. The molecule has 32 heavy (non-hydrogen) atoms. The van der Waals surface area contributed by atoms with Gasteiger partial charge in [-0.2, -0.15) is 0 Å². The minimum atomic E-state index is -0.0436. The van der Waals surface area contributed by atoms with E-state index in [0.717, 1.165) is 64.2 Å². The number of allylic oxidation sites excluding steroid dienone is 2. The zero-order valence-electron chi connectivity index (χ0n) is 20.8. The summed E-state index contributed by atoms with van der Waals surface area (Å²) in [4.78, 5) is 23.3. The van der Waals surface area contributed by atoms with Crippen LogP contribution in [0.4, 0.5) is 0 Å². The molecule has 0 unspecified atom stereocenters. The molecule has 0 aliphatic heterocycles. The molecule has 186 valence electrons. The molecule has 0 radical (unpaired) electrons. The number of unbranched alkanes of at least 4 members (excludes halogenated alkanes) is 15. The first-order valence-electron chi connectivity index (χ1n) is 13.2. The molecular formula is C28H50O4. The summed E-state index contributed by atoms with van der Waals surface area (Å²) in [6.45, 7) is 8.56. The highest BCUT2D eigenvalue weighted by Gasteiger charge is 2.03. The number of hydrogen-bond acceptors (Lipinski definition) is 4. The minimum Gasteiger partial charge on any atom is -0.466 e. The molecule has 4 nitrogen and oxygen atoms in total. The Morgan fingerprint density at radius 1 is 0.469 bits per heavy atom. The van der Waals surface area contributed by atoms with Crippen molar-refractivity contribution in [1.29, 1.82) is 0 Å². The molecule has 0 spiro atoms. The molecular weight excluding hydrogens is 400 g/mol. The van der Waals surface area contributed by atoms with Crippen LogP contribution in [0.25, 0.3) is 0 Å². The zero-order valence-corrected chi connectivity index (χ0v) is 20.8. The molecule has 0 saturated heterocycles. The fraction of sp³-hybridized carbons (Fsp3) is 0.786. The second-order valence-corrected chi connectivity index (χ2v) is 8.75. The molecule has 0 aliphatic carbocycles. The fourth-order valence-corrected chi connectivity index (χ4v) is 3.60. The van der Waals surface area contributed by atoms with Crippen LogP contribution in [-0.4, -0.2) is 25.2 Å². The molecule has 0 aromatic heterocycles. The molecule has 0 fully saturated rings. The molecule has 0 rings (SSSR count). The first-order valence-corrected chi connectivity index (χ1v) is 13.2. The predicted octanol–water partition coefficient (Wildman–Crippen LogP) is 8.25. The molecule has 0 N–H and O–H groups in total. The van der Waals surface area contributed by atoms with Gasteiger partial charge >= 0.3 is 11.9 Å². The summed E-state index contributed by atoms with van der Waals surface area (Å²) in [5, 5.41) is 0. The van der Waals surface area contributed by atoms with Gasteiger partial charge in [-0.25, -0.2) is 0 Å². The maximum Gasteiger partial charge on any atom is 0.305 e. The van der Waals surface area contributed by atoms with Gasteiger partial charge in [-0.3, -0.25) is 9.59 Å². The van der Waals surface area contributed by atoms with Crippen LogP contribution >= 0.6 is 0 Å². The third-order valence-electron chi connectivity index (χ3n) is 5.64. The molecule has 0 amide bonds. The van der Waals surface area contributed by atoms with Crippen LogP contribution in [0.5, 0.6) is 0 Å². The van der Waals surface area contributed by atoms with Gasteiger partial charge in [-0.05, 0) is 51.4 Å². The Hall–Kier alpha value is -1.58. The van der Waals surface area contributed by atoms with E-state index in [2.05, 4.69) is 13.2 Å². The Kier molecular flexibility index (Phi) is 24.4. The SMILES string of the molecule is C=CCCCCCCC(=O)OCCCCCCCCCCOC(=O)CCCCCCC=C. The quantitative estimate of drug-likeness (QED) is 0.0798. The first kappa shape index (κ1) is 30.4. The topological polar surface area (TPSA) is 52.6 Å². The summed E-state index contributed by atoms with van der Waals surface area (Å²) in [6, 6.07) is 0. The van der Waals surface area contributed by atoms with E-state index in [4.69, 9.17) is 9.47 Å². The third kappa shape index (κ3) is 24.7. The number of esters is 2. The Labute approximate surface area is 198 Å². The number of hydrogen-bond donors (Lipinski definition) is 0. The van der Waals surface area contributed by atoms with Gasteiger partial charge in [0.15, 0.2) is 0 Å². The van der Waals surface area contributed by atoms with Gasteiger partial charge in [-0.15, -0.1) is 13.2 Å². The maximum absolute atomic E-state index is 11.7. The second-order valence-electron chi connectivity index (χ2n) is 8.75. The van der Waals surface area contributed by atoms with Crippen molar-refractivity contribution in [3.8, 4) is 0 Å². The van der Waals surface area contributed by atoms with E-state index >= 15 is 0 Å². The summed E-state index contributed by atoms with van der Waals surface area (Å²) in [7, 11) is 0. The van der Waals surface area contributed by atoms with Crippen molar-refractivity contribution >= 4 is 11.9 Å². The fourth-order valence-electron chi connectivity index (χ4n) is 3.60. The van der Waals surface area contributed by atoms with Crippen molar-refractivity contribution in [2.45, 2.75) is 128 Å². The predicted molar refractivity (Wildman–Crippen MR) is 135 cm³/mol. The van der Waals surface area contributed by atoms with Crippen LogP contribution in [0.1, 0.15) is 128 Å². The summed E-state index contributed by atoms with van der Waals surface area (Å²) in [6.07, 6.45) is 24.9. The molecule has 0 aromatic rings. The van der Waals surface area contributed by atoms with Crippen molar-refractivity contribution in [2.24, 2.45) is 0 Å². The number of rotatable bonds is 25. The van der Waals surface area contributed by atoms with Crippen LogP contribution in [0.15, 0.2) is 25.3 Å². The maximum atomic E-state index is 11.7. The van der Waals surface area contributed by atoms with Gasteiger partial charge in [0.05, 0.1) is 13.2 Å². The van der Waals surface area contributed by atoms with E-state index in [1.807, 2.05) is 12.2 Å². The standard InChI is InChI=1S/C28H50O4/c1-3-5-7-9-15-19-23-27(29)31-25-21-17-13-11-12-14-18-22-26-32-28(30)24-20-16-10-8-6-4-2/h3-4H,1-2,5-26H2. The lowest BCUT2D eigenvalue weighted by atomic mass is 10.1. The van der Waals surface area contributed by atoms with E-state index in [1.54, 1.807) is 0 Å². The lowest BCUT2D eigenvalue weighted by Crippen LogP contribution is -2.05. The lowest BCUT2D eigenvalue weighted by molar-refractivity contribution is -0.144. The van der Waals surface area contributed by atoms with Crippen molar-refractivity contribution in [1.82, 2.24) is 0 Å². The van der Waals surface area contributed by atoms with E-state index in [1.165, 1.54) is 51.4 Å². The molecule has 0 saturated carbocycles.